The van der Waals surface area contributed by atoms with E-state index in [1.807, 2.05) is 19.1 Å². The number of rotatable bonds is 5. The highest BCUT2D eigenvalue weighted by Crippen LogP contribution is 2.35. The summed E-state index contributed by atoms with van der Waals surface area (Å²) in [7, 11) is 1.66. The molecule has 3 rings (SSSR count). The molecule has 1 aromatic carbocycles. The SMILES string of the molecule is COc1cc(C)c2nc(N)c(C(C)=N)c(NCC3CCOCC3)c2c1. The van der Waals surface area contributed by atoms with E-state index in [1.165, 1.54) is 0 Å². The summed E-state index contributed by atoms with van der Waals surface area (Å²) in [5.74, 6) is 1.73. The summed E-state index contributed by atoms with van der Waals surface area (Å²) in [5.41, 5.74) is 10.00. The van der Waals surface area contributed by atoms with Crippen molar-refractivity contribution in [2.75, 3.05) is 37.9 Å². The molecule has 2 aromatic rings. The monoisotopic (exact) mass is 342 g/mol. The highest BCUT2D eigenvalue weighted by molar-refractivity contribution is 6.12. The Balaban J connectivity index is 2.09. The Morgan fingerprint density at radius 2 is 2.12 bits per heavy atom. The number of aryl methyl sites for hydroxylation is 1. The Labute approximate surface area is 148 Å². The fourth-order valence-corrected chi connectivity index (χ4v) is 3.40. The molecule has 1 aromatic heterocycles. The number of methoxy groups -OCH3 is 1. The van der Waals surface area contributed by atoms with Crippen molar-refractivity contribution in [1.29, 1.82) is 5.41 Å². The lowest BCUT2D eigenvalue weighted by atomic mass is 9.98. The lowest BCUT2D eigenvalue weighted by Gasteiger charge is -2.24. The van der Waals surface area contributed by atoms with Crippen LogP contribution >= 0.6 is 0 Å². The number of nitrogen functional groups attached to an aromatic ring is 1. The zero-order valence-electron chi connectivity index (χ0n) is 15.1. The van der Waals surface area contributed by atoms with Crippen molar-refractivity contribution in [3.8, 4) is 5.75 Å². The molecule has 2 heterocycles. The average Bonchev–Trinajstić information content (AvgIpc) is 2.60. The van der Waals surface area contributed by atoms with Gasteiger partial charge in [-0.05, 0) is 50.3 Å². The molecule has 0 amide bonds. The summed E-state index contributed by atoms with van der Waals surface area (Å²) in [6.07, 6.45) is 2.10. The van der Waals surface area contributed by atoms with Crippen LogP contribution in [-0.2, 0) is 4.74 Å². The van der Waals surface area contributed by atoms with Gasteiger partial charge in [-0.3, -0.25) is 0 Å². The number of benzene rings is 1. The van der Waals surface area contributed by atoms with E-state index in [2.05, 4.69) is 10.3 Å². The highest BCUT2D eigenvalue weighted by Gasteiger charge is 2.19. The van der Waals surface area contributed by atoms with Crippen LogP contribution in [0.15, 0.2) is 12.1 Å². The molecule has 1 aliphatic heterocycles. The van der Waals surface area contributed by atoms with Crippen LogP contribution in [0.1, 0.15) is 30.9 Å². The molecule has 0 aliphatic carbocycles. The van der Waals surface area contributed by atoms with Gasteiger partial charge in [0.1, 0.15) is 11.6 Å². The van der Waals surface area contributed by atoms with Gasteiger partial charge in [-0.25, -0.2) is 4.98 Å². The zero-order chi connectivity index (χ0) is 18.0. The van der Waals surface area contributed by atoms with E-state index >= 15 is 0 Å². The van der Waals surface area contributed by atoms with Gasteiger partial charge in [0.25, 0.3) is 0 Å². The van der Waals surface area contributed by atoms with Crippen LogP contribution in [0.5, 0.6) is 5.75 Å². The van der Waals surface area contributed by atoms with Gasteiger partial charge < -0.3 is 25.9 Å². The van der Waals surface area contributed by atoms with E-state index < -0.39 is 0 Å². The fraction of sp³-hybridized carbons (Fsp3) is 0.474. The Morgan fingerprint density at radius 3 is 2.76 bits per heavy atom. The summed E-state index contributed by atoms with van der Waals surface area (Å²) in [4.78, 5) is 4.55. The number of nitrogens with zero attached hydrogens (tertiary/aromatic N) is 1. The fourth-order valence-electron chi connectivity index (χ4n) is 3.40. The summed E-state index contributed by atoms with van der Waals surface area (Å²) in [6, 6.07) is 3.92. The first-order valence-electron chi connectivity index (χ1n) is 8.66. The van der Waals surface area contributed by atoms with Crippen molar-refractivity contribution in [3.63, 3.8) is 0 Å². The molecule has 25 heavy (non-hydrogen) atoms. The minimum atomic E-state index is 0.391. The number of ether oxygens (including phenoxy) is 2. The van der Waals surface area contributed by atoms with Crippen molar-refractivity contribution >= 4 is 28.1 Å². The van der Waals surface area contributed by atoms with Gasteiger partial charge in [-0.15, -0.1) is 0 Å². The first-order valence-corrected chi connectivity index (χ1v) is 8.66. The number of nitrogens with one attached hydrogen (secondary N) is 2. The van der Waals surface area contributed by atoms with Gasteiger partial charge in [0.15, 0.2) is 0 Å². The number of hydrogen-bond donors (Lipinski definition) is 3. The summed E-state index contributed by atoms with van der Waals surface area (Å²) >= 11 is 0. The molecule has 134 valence electrons. The number of hydrogen-bond acceptors (Lipinski definition) is 6. The van der Waals surface area contributed by atoms with Crippen LogP contribution < -0.4 is 15.8 Å². The van der Waals surface area contributed by atoms with Crippen LogP contribution in [0, 0.1) is 18.3 Å². The normalized spacial score (nSPS) is 15.3. The summed E-state index contributed by atoms with van der Waals surface area (Å²) in [6.45, 7) is 6.20. The molecule has 0 saturated carbocycles. The first kappa shape index (κ1) is 17.5. The number of nitrogens with two attached hydrogens (primary N) is 1. The van der Waals surface area contributed by atoms with Crippen LogP contribution in [0.25, 0.3) is 10.9 Å². The minimum absolute atomic E-state index is 0.391. The molecule has 1 fully saturated rings. The maximum Gasteiger partial charge on any atom is 0.135 e. The van der Waals surface area contributed by atoms with E-state index in [0.717, 1.165) is 60.5 Å². The maximum atomic E-state index is 8.16. The predicted octanol–water partition coefficient (Wildman–Crippen LogP) is 3.36. The average molecular weight is 342 g/mol. The zero-order valence-corrected chi connectivity index (χ0v) is 15.1. The standard InChI is InChI=1S/C19H26N4O2/c1-11-8-14(24-3)9-15-17(11)23-19(21)16(12(2)20)18(15)22-10-13-4-6-25-7-5-13/h8-9,13,20H,4-7,10H2,1-3H3,(H3,21,22,23). The van der Waals surface area contributed by atoms with E-state index in [9.17, 15) is 0 Å². The second kappa shape index (κ2) is 7.27. The second-order valence-corrected chi connectivity index (χ2v) is 6.65. The topological polar surface area (TPSA) is 93.3 Å². The Kier molecular flexibility index (Phi) is 5.08. The summed E-state index contributed by atoms with van der Waals surface area (Å²) in [5, 5.41) is 12.7. The predicted molar refractivity (Wildman–Crippen MR) is 102 cm³/mol. The first-order chi connectivity index (χ1) is 12.0. The molecule has 1 aliphatic rings. The molecule has 1 saturated heterocycles. The highest BCUT2D eigenvalue weighted by atomic mass is 16.5. The smallest absolute Gasteiger partial charge is 0.135 e. The molecule has 0 radical (unpaired) electrons. The third-order valence-corrected chi connectivity index (χ3v) is 4.80. The summed E-state index contributed by atoms with van der Waals surface area (Å²) < 4.78 is 10.9. The van der Waals surface area contributed by atoms with Crippen LogP contribution in [0.2, 0.25) is 0 Å². The van der Waals surface area contributed by atoms with E-state index in [4.69, 9.17) is 20.6 Å². The number of pyridine rings is 1. The quantitative estimate of drug-likeness (QED) is 0.725. The van der Waals surface area contributed by atoms with Gasteiger partial charge in [0.05, 0.1) is 23.9 Å². The maximum absolute atomic E-state index is 8.16. The molecule has 0 spiro atoms. The van der Waals surface area contributed by atoms with Gasteiger partial charge in [0.2, 0.25) is 0 Å². The molecule has 6 nitrogen and oxygen atoms in total. The van der Waals surface area contributed by atoms with Crippen molar-refractivity contribution in [2.45, 2.75) is 26.7 Å². The third-order valence-electron chi connectivity index (χ3n) is 4.80. The van der Waals surface area contributed by atoms with Crippen LogP contribution in [-0.4, -0.2) is 37.6 Å². The lowest BCUT2D eigenvalue weighted by molar-refractivity contribution is 0.0699. The van der Waals surface area contributed by atoms with Crippen LogP contribution in [0.4, 0.5) is 11.5 Å². The largest absolute Gasteiger partial charge is 0.497 e. The molecule has 6 heteroatoms. The van der Waals surface area contributed by atoms with Crippen molar-refractivity contribution < 1.29 is 9.47 Å². The molecule has 0 atom stereocenters. The number of fused-ring (bicyclic) bond motifs is 1. The van der Waals surface area contributed by atoms with Crippen molar-refractivity contribution in [1.82, 2.24) is 4.98 Å². The van der Waals surface area contributed by atoms with E-state index in [-0.39, 0.29) is 0 Å². The molecular formula is C19H26N4O2. The minimum Gasteiger partial charge on any atom is -0.497 e. The molecule has 4 N–H and O–H groups in total. The van der Waals surface area contributed by atoms with Crippen LogP contribution in [0.3, 0.4) is 0 Å². The van der Waals surface area contributed by atoms with Gasteiger partial charge in [-0.2, -0.15) is 0 Å². The van der Waals surface area contributed by atoms with Gasteiger partial charge >= 0.3 is 0 Å². The molecule has 0 bridgehead atoms. The Hall–Kier alpha value is -2.34. The molecular weight excluding hydrogens is 316 g/mol. The lowest BCUT2D eigenvalue weighted by Crippen LogP contribution is -2.23. The van der Waals surface area contributed by atoms with Gasteiger partial charge in [0, 0.05) is 30.9 Å². The van der Waals surface area contributed by atoms with Gasteiger partial charge in [-0.1, -0.05) is 0 Å². The number of anilines is 2. The third kappa shape index (κ3) is 3.54. The second-order valence-electron chi connectivity index (χ2n) is 6.65. The Bertz CT molecular complexity index is 798. The molecule has 0 unspecified atom stereocenters. The van der Waals surface area contributed by atoms with Crippen molar-refractivity contribution in [3.05, 3.63) is 23.3 Å². The van der Waals surface area contributed by atoms with E-state index in [1.54, 1.807) is 14.0 Å². The number of aromatic nitrogens is 1. The van der Waals surface area contributed by atoms with E-state index in [0.29, 0.717) is 23.0 Å². The Morgan fingerprint density at radius 1 is 1.40 bits per heavy atom. The van der Waals surface area contributed by atoms with Crippen molar-refractivity contribution in [2.24, 2.45) is 5.92 Å².